The molecule has 0 bridgehead atoms. The second-order valence-corrected chi connectivity index (χ2v) is 8.97. The van der Waals surface area contributed by atoms with E-state index < -0.39 is 0 Å². The minimum atomic E-state index is 0.124. The van der Waals surface area contributed by atoms with Crippen LogP contribution in [0, 0.1) is 0 Å². The van der Waals surface area contributed by atoms with Gasteiger partial charge in [-0.3, -0.25) is 9.69 Å². The topological polar surface area (TPSA) is 54.9 Å². The van der Waals surface area contributed by atoms with Gasteiger partial charge < -0.3 is 14.4 Å². The number of hydrogen-bond donors (Lipinski definition) is 0. The summed E-state index contributed by atoms with van der Waals surface area (Å²) in [5.41, 5.74) is 2.19. The van der Waals surface area contributed by atoms with E-state index in [9.17, 15) is 4.79 Å². The minimum Gasteiger partial charge on any atom is -0.486 e. The first-order valence-corrected chi connectivity index (χ1v) is 11.2. The monoisotopic (exact) mass is 423 g/mol. The fourth-order valence-corrected chi connectivity index (χ4v) is 5.25. The molecule has 1 saturated heterocycles. The van der Waals surface area contributed by atoms with Gasteiger partial charge in [-0.2, -0.15) is 0 Å². The summed E-state index contributed by atoms with van der Waals surface area (Å²) in [4.78, 5) is 21.7. The molecule has 3 aromatic rings. The molecular weight excluding hydrogens is 398 g/mol. The molecule has 5 rings (SSSR count). The smallest absolute Gasteiger partial charge is 0.236 e. The van der Waals surface area contributed by atoms with Crippen molar-refractivity contribution < 1.29 is 14.3 Å². The van der Waals surface area contributed by atoms with Crippen LogP contribution in [-0.4, -0.2) is 54.0 Å². The van der Waals surface area contributed by atoms with Gasteiger partial charge in [0.05, 0.1) is 23.3 Å². The Hall–Kier alpha value is -2.64. The summed E-state index contributed by atoms with van der Waals surface area (Å²) < 4.78 is 12.5. The highest BCUT2D eigenvalue weighted by Gasteiger charge is 2.29. The number of rotatable bonds is 5. The van der Waals surface area contributed by atoms with Crippen LogP contribution in [0.3, 0.4) is 0 Å². The van der Waals surface area contributed by atoms with Gasteiger partial charge in [-0.1, -0.05) is 18.2 Å². The van der Waals surface area contributed by atoms with Gasteiger partial charge in [0.15, 0.2) is 11.5 Å². The van der Waals surface area contributed by atoms with Gasteiger partial charge in [0.2, 0.25) is 5.91 Å². The molecule has 0 aliphatic carbocycles. The van der Waals surface area contributed by atoms with Crippen molar-refractivity contribution in [2.45, 2.75) is 25.4 Å². The van der Waals surface area contributed by atoms with Crippen molar-refractivity contribution in [3.05, 3.63) is 53.0 Å². The zero-order valence-corrected chi connectivity index (χ0v) is 17.9. The van der Waals surface area contributed by atoms with Gasteiger partial charge in [0.25, 0.3) is 0 Å². The van der Waals surface area contributed by atoms with Crippen molar-refractivity contribution >= 4 is 27.5 Å². The lowest BCUT2D eigenvalue weighted by Crippen LogP contribution is -2.37. The maximum absolute atomic E-state index is 12.9. The molecule has 2 aliphatic heterocycles. The SMILES string of the molecule is CN(Cc1nc2ccccc2s1)C(=O)CN1CCC[C@H]1c1ccc2c(c1)OCCO2. The van der Waals surface area contributed by atoms with E-state index in [0.29, 0.717) is 26.3 Å². The zero-order valence-electron chi connectivity index (χ0n) is 17.0. The third-order valence-electron chi connectivity index (χ3n) is 5.79. The van der Waals surface area contributed by atoms with Crippen molar-refractivity contribution in [1.29, 1.82) is 0 Å². The molecule has 1 fully saturated rings. The van der Waals surface area contributed by atoms with E-state index in [2.05, 4.69) is 28.1 Å². The first-order chi connectivity index (χ1) is 14.7. The van der Waals surface area contributed by atoms with Crippen LogP contribution in [-0.2, 0) is 11.3 Å². The number of thiazole rings is 1. The molecule has 30 heavy (non-hydrogen) atoms. The summed E-state index contributed by atoms with van der Waals surface area (Å²) >= 11 is 1.65. The number of ether oxygens (including phenoxy) is 2. The molecule has 1 aromatic heterocycles. The second kappa shape index (κ2) is 8.24. The molecule has 156 valence electrons. The lowest BCUT2D eigenvalue weighted by Gasteiger charge is -2.27. The van der Waals surface area contributed by atoms with Crippen LogP contribution in [0.4, 0.5) is 0 Å². The summed E-state index contributed by atoms with van der Waals surface area (Å²) in [6.07, 6.45) is 2.14. The number of carbonyl (C=O) groups excluding carboxylic acids is 1. The van der Waals surface area contributed by atoms with E-state index in [1.54, 1.807) is 16.2 Å². The minimum absolute atomic E-state index is 0.124. The molecule has 2 aliphatic rings. The Morgan fingerprint density at radius 1 is 1.20 bits per heavy atom. The van der Waals surface area contributed by atoms with Crippen LogP contribution in [0.2, 0.25) is 0 Å². The van der Waals surface area contributed by atoms with Gasteiger partial charge in [0, 0.05) is 13.1 Å². The maximum Gasteiger partial charge on any atom is 0.236 e. The van der Waals surface area contributed by atoms with Gasteiger partial charge >= 0.3 is 0 Å². The van der Waals surface area contributed by atoms with Crippen molar-refractivity contribution in [3.63, 3.8) is 0 Å². The summed E-state index contributed by atoms with van der Waals surface area (Å²) in [5, 5.41) is 0.969. The van der Waals surface area contributed by atoms with Crippen LogP contribution in [0.1, 0.15) is 29.5 Å². The molecule has 0 N–H and O–H groups in total. The van der Waals surface area contributed by atoms with E-state index in [1.165, 1.54) is 5.56 Å². The Bertz CT molecular complexity index is 1030. The number of likely N-dealkylation sites (N-methyl/N-ethyl adjacent to an activating group) is 1. The Morgan fingerprint density at radius 3 is 2.90 bits per heavy atom. The van der Waals surface area contributed by atoms with Gasteiger partial charge in [-0.05, 0) is 49.2 Å². The predicted octanol–water partition coefficient (Wildman–Crippen LogP) is 3.86. The number of amides is 1. The summed E-state index contributed by atoms with van der Waals surface area (Å²) in [6, 6.07) is 14.5. The molecule has 0 spiro atoms. The highest BCUT2D eigenvalue weighted by atomic mass is 32.1. The fourth-order valence-electron chi connectivity index (χ4n) is 4.23. The largest absolute Gasteiger partial charge is 0.486 e. The quantitative estimate of drug-likeness (QED) is 0.624. The maximum atomic E-state index is 12.9. The lowest BCUT2D eigenvalue weighted by molar-refractivity contribution is -0.131. The molecular formula is C23H25N3O3S. The van der Waals surface area contributed by atoms with E-state index in [4.69, 9.17) is 9.47 Å². The molecule has 6 nitrogen and oxygen atoms in total. The average Bonchev–Trinajstić information content (AvgIpc) is 3.39. The lowest BCUT2D eigenvalue weighted by atomic mass is 10.0. The first-order valence-electron chi connectivity index (χ1n) is 10.4. The summed E-state index contributed by atoms with van der Waals surface area (Å²) in [7, 11) is 1.86. The second-order valence-electron chi connectivity index (χ2n) is 7.86. The van der Waals surface area contributed by atoms with Gasteiger partial charge in [0.1, 0.15) is 18.2 Å². The number of nitrogens with zero attached hydrogens (tertiary/aromatic N) is 3. The van der Waals surface area contributed by atoms with E-state index >= 15 is 0 Å². The normalized spacial score (nSPS) is 18.6. The molecule has 1 atom stereocenters. The standard InChI is InChI=1S/C23H25N3O3S/c1-25(14-22-24-17-5-2-3-7-21(17)30-22)23(27)15-26-10-4-6-18(26)16-8-9-19-20(13-16)29-12-11-28-19/h2-3,5,7-9,13,18H,4,6,10-12,14-15H2,1H3/t18-/m0/s1. The molecule has 1 amide bonds. The highest BCUT2D eigenvalue weighted by Crippen LogP contribution is 2.38. The van der Waals surface area contributed by atoms with E-state index in [0.717, 1.165) is 46.1 Å². The number of para-hydroxylation sites is 1. The van der Waals surface area contributed by atoms with Crippen molar-refractivity contribution in [2.75, 3.05) is 33.4 Å². The van der Waals surface area contributed by atoms with E-state index in [-0.39, 0.29) is 11.9 Å². The third kappa shape index (κ3) is 3.87. The average molecular weight is 424 g/mol. The van der Waals surface area contributed by atoms with Crippen LogP contribution >= 0.6 is 11.3 Å². The molecule has 2 aromatic carbocycles. The number of fused-ring (bicyclic) bond motifs is 2. The van der Waals surface area contributed by atoms with Crippen LogP contribution in [0.25, 0.3) is 10.2 Å². The first kappa shape index (κ1) is 19.3. The van der Waals surface area contributed by atoms with Crippen LogP contribution < -0.4 is 9.47 Å². The molecule has 0 unspecified atom stereocenters. The Balaban J connectivity index is 1.25. The number of carbonyl (C=O) groups is 1. The third-order valence-corrected chi connectivity index (χ3v) is 6.81. The Kier molecular flexibility index (Phi) is 5.31. The molecule has 0 saturated carbocycles. The molecule has 3 heterocycles. The summed E-state index contributed by atoms with van der Waals surface area (Å²) in [5.74, 6) is 1.74. The van der Waals surface area contributed by atoms with E-state index in [1.807, 2.05) is 31.3 Å². The number of likely N-dealkylation sites (tertiary alicyclic amines) is 1. The van der Waals surface area contributed by atoms with Crippen molar-refractivity contribution in [1.82, 2.24) is 14.8 Å². The predicted molar refractivity (Wildman–Crippen MR) is 117 cm³/mol. The number of hydrogen-bond acceptors (Lipinski definition) is 6. The van der Waals surface area contributed by atoms with Gasteiger partial charge in [-0.25, -0.2) is 4.98 Å². The molecule has 7 heteroatoms. The Morgan fingerprint density at radius 2 is 2.03 bits per heavy atom. The molecule has 0 radical (unpaired) electrons. The van der Waals surface area contributed by atoms with Crippen molar-refractivity contribution in [3.8, 4) is 11.5 Å². The van der Waals surface area contributed by atoms with Gasteiger partial charge in [-0.15, -0.1) is 11.3 Å². The fraction of sp³-hybridized carbons (Fsp3) is 0.391. The number of benzene rings is 2. The Labute approximate surface area is 180 Å². The number of aromatic nitrogens is 1. The zero-order chi connectivity index (χ0) is 20.5. The van der Waals surface area contributed by atoms with Crippen LogP contribution in [0.5, 0.6) is 11.5 Å². The van der Waals surface area contributed by atoms with Crippen molar-refractivity contribution in [2.24, 2.45) is 0 Å². The van der Waals surface area contributed by atoms with Crippen LogP contribution in [0.15, 0.2) is 42.5 Å². The highest BCUT2D eigenvalue weighted by molar-refractivity contribution is 7.18. The summed E-state index contributed by atoms with van der Waals surface area (Å²) in [6.45, 7) is 3.07.